The number of halogens is 1. The summed E-state index contributed by atoms with van der Waals surface area (Å²) >= 11 is 6.93. The lowest BCUT2D eigenvalue weighted by atomic mass is 9.95. The Morgan fingerprint density at radius 3 is 1.70 bits per heavy atom. The van der Waals surface area contributed by atoms with Crippen LogP contribution in [0.5, 0.6) is 0 Å². The predicted octanol–water partition coefficient (Wildman–Crippen LogP) is 10.5. The largest absolute Gasteiger partial charge is 0.445 e. The Morgan fingerprint density at radius 2 is 1.17 bits per heavy atom. The van der Waals surface area contributed by atoms with Crippen LogP contribution in [0.3, 0.4) is 0 Å². The van der Waals surface area contributed by atoms with Gasteiger partial charge >= 0.3 is 12.2 Å². The number of nitrogens with one attached hydrogen (secondary N) is 2. The minimum atomic E-state index is -0.978. The molecule has 15 heteroatoms. The third-order valence-electron chi connectivity index (χ3n) is 10.2. The molecule has 2 N–H and O–H groups in total. The van der Waals surface area contributed by atoms with Gasteiger partial charge in [-0.3, -0.25) is 25.0 Å². The van der Waals surface area contributed by atoms with Crippen LogP contribution < -0.4 is 10.6 Å². The molecule has 0 fully saturated rings. The van der Waals surface area contributed by atoms with Crippen LogP contribution in [0.2, 0.25) is 5.02 Å². The smallest absolute Gasteiger partial charge is 0.408 e. The molecule has 0 saturated carbocycles. The van der Waals surface area contributed by atoms with E-state index in [0.29, 0.717) is 35.5 Å². The summed E-state index contributed by atoms with van der Waals surface area (Å²) in [5.74, 6) is -0.283. The van der Waals surface area contributed by atoms with Gasteiger partial charge in [0.05, 0.1) is 14.9 Å². The maximum Gasteiger partial charge on any atom is 0.408 e. The van der Waals surface area contributed by atoms with Crippen molar-refractivity contribution >= 4 is 62.6 Å². The number of unbranched alkanes of at least 4 members (excludes halogenated alkanes) is 6. The van der Waals surface area contributed by atoms with Gasteiger partial charge in [-0.05, 0) is 77.4 Å². The summed E-state index contributed by atoms with van der Waals surface area (Å²) in [6.07, 6.45) is 5.78. The van der Waals surface area contributed by atoms with Gasteiger partial charge < -0.3 is 25.0 Å². The van der Waals surface area contributed by atoms with Gasteiger partial charge in [0.1, 0.15) is 19.3 Å². The Bertz CT molecular complexity index is 2200. The molecule has 1 atom stereocenters. The van der Waals surface area contributed by atoms with Crippen LogP contribution in [0.25, 0.3) is 21.5 Å². The summed E-state index contributed by atoms with van der Waals surface area (Å²) in [6.45, 7) is 2.88. The van der Waals surface area contributed by atoms with E-state index in [1.54, 1.807) is 4.90 Å². The highest BCUT2D eigenvalue weighted by Gasteiger charge is 2.28. The average Bonchev–Trinajstić information content (AvgIpc) is 3.26. The lowest BCUT2D eigenvalue weighted by Crippen LogP contribution is -2.48. The number of nitro benzene ring substituents is 2. The molecule has 5 aromatic rings. The summed E-state index contributed by atoms with van der Waals surface area (Å²) in [5, 5.41) is 31.8. The van der Waals surface area contributed by atoms with Crippen molar-refractivity contribution in [1.29, 1.82) is 0 Å². The van der Waals surface area contributed by atoms with Crippen LogP contribution in [-0.4, -0.2) is 52.0 Å². The number of hydrogen-bond acceptors (Lipinski definition) is 9. The molecule has 0 aliphatic carbocycles. The number of carbonyl (C=O) groups is 3. The lowest BCUT2D eigenvalue weighted by molar-refractivity contribution is -0.385. The molecule has 5 rings (SSSR count). The van der Waals surface area contributed by atoms with E-state index in [4.69, 9.17) is 21.1 Å². The fourth-order valence-corrected chi connectivity index (χ4v) is 7.31. The molecule has 0 saturated heterocycles. The first-order chi connectivity index (χ1) is 29.0. The third kappa shape index (κ3) is 12.9. The van der Waals surface area contributed by atoms with Crippen molar-refractivity contribution in [2.24, 2.45) is 0 Å². The SMILES string of the molecule is CCCCCCCCN(Cc1c2ccccc2c(Cl)c2ccccc12)C(=O)C(CCCCNC(=O)OCc1ccc([N+](=O)[O-])cc1)NC(=O)OCc1ccc([N+](=O)[O-])cc1. The Balaban J connectivity index is 1.31. The minimum absolute atomic E-state index is 0.0651. The normalized spacial score (nSPS) is 11.5. The first-order valence-corrected chi connectivity index (χ1v) is 20.6. The van der Waals surface area contributed by atoms with Crippen LogP contribution in [-0.2, 0) is 34.0 Å². The number of ether oxygens (including phenoxy) is 2. The van der Waals surface area contributed by atoms with Crippen LogP contribution >= 0.6 is 11.6 Å². The highest BCUT2D eigenvalue weighted by Crippen LogP contribution is 2.37. The molecule has 0 bridgehead atoms. The number of nitrogens with zero attached hydrogens (tertiary/aromatic N) is 3. The van der Waals surface area contributed by atoms with Crippen molar-refractivity contribution in [3.05, 3.63) is 139 Å². The molecule has 0 aliphatic heterocycles. The summed E-state index contributed by atoms with van der Waals surface area (Å²) in [4.78, 5) is 63.3. The first-order valence-electron chi connectivity index (χ1n) is 20.2. The van der Waals surface area contributed by atoms with E-state index in [1.165, 1.54) is 48.5 Å². The van der Waals surface area contributed by atoms with Gasteiger partial charge in [-0.2, -0.15) is 0 Å². The van der Waals surface area contributed by atoms with E-state index < -0.39 is 28.1 Å². The molecule has 0 heterocycles. The van der Waals surface area contributed by atoms with E-state index in [0.717, 1.165) is 65.6 Å². The Morgan fingerprint density at radius 1 is 0.667 bits per heavy atom. The molecule has 0 aliphatic rings. The van der Waals surface area contributed by atoms with Crippen molar-refractivity contribution in [3.63, 3.8) is 0 Å². The van der Waals surface area contributed by atoms with Gasteiger partial charge in [-0.15, -0.1) is 0 Å². The third-order valence-corrected chi connectivity index (χ3v) is 10.6. The van der Waals surface area contributed by atoms with Gasteiger partial charge in [0.2, 0.25) is 5.91 Å². The van der Waals surface area contributed by atoms with E-state index in [9.17, 15) is 34.6 Å². The number of nitro groups is 2. The number of alkyl carbamates (subject to hydrolysis) is 2. The summed E-state index contributed by atoms with van der Waals surface area (Å²) in [6, 6.07) is 26.1. The zero-order valence-corrected chi connectivity index (χ0v) is 34.4. The molecular weight excluding hydrogens is 790 g/mol. The van der Waals surface area contributed by atoms with Crippen molar-refractivity contribution in [3.8, 4) is 0 Å². The maximum atomic E-state index is 14.8. The lowest BCUT2D eigenvalue weighted by Gasteiger charge is -2.29. The second-order valence-electron chi connectivity index (χ2n) is 14.5. The molecule has 14 nitrogen and oxygen atoms in total. The fourth-order valence-electron chi connectivity index (χ4n) is 6.98. The molecule has 316 valence electrons. The Labute approximate surface area is 353 Å². The van der Waals surface area contributed by atoms with Crippen molar-refractivity contribution in [2.75, 3.05) is 13.1 Å². The minimum Gasteiger partial charge on any atom is -0.445 e. The number of fused-ring (bicyclic) bond motifs is 2. The van der Waals surface area contributed by atoms with E-state index >= 15 is 0 Å². The maximum absolute atomic E-state index is 14.8. The molecule has 3 amide bonds. The van der Waals surface area contributed by atoms with E-state index in [2.05, 4.69) is 17.6 Å². The second-order valence-corrected chi connectivity index (χ2v) is 14.9. The quantitative estimate of drug-likeness (QED) is 0.0296. The standard InChI is InChI=1S/C45H50ClN5O9/c1-2-3-4-5-6-13-28-49(29-40-36-14-7-9-16-38(36)42(46)39-17-10-8-15-37(39)40)43(52)41(48-45(54)60-31-33-21-25-35(26-22-33)51(57)58)18-11-12-27-47-44(53)59-30-32-19-23-34(24-20-32)50(55)56/h7-10,14-17,19-26,41H,2-6,11-13,18,27-31H2,1H3,(H,47,53)(H,48,54). The molecule has 0 spiro atoms. The van der Waals surface area contributed by atoms with Crippen molar-refractivity contribution in [1.82, 2.24) is 15.5 Å². The van der Waals surface area contributed by atoms with E-state index in [1.807, 2.05) is 48.5 Å². The highest BCUT2D eigenvalue weighted by molar-refractivity contribution is 6.41. The number of amides is 3. The second kappa shape index (κ2) is 22.8. The molecule has 5 aromatic carbocycles. The Hall–Kier alpha value is -6.28. The summed E-state index contributed by atoms with van der Waals surface area (Å²) in [5.41, 5.74) is 1.92. The number of benzene rings is 5. The molecule has 1 unspecified atom stereocenters. The fraction of sp³-hybridized carbons (Fsp3) is 0.356. The van der Waals surface area contributed by atoms with Gasteiger partial charge in [0.15, 0.2) is 0 Å². The topological polar surface area (TPSA) is 183 Å². The van der Waals surface area contributed by atoms with Crippen LogP contribution in [0, 0.1) is 20.2 Å². The molecule has 0 aromatic heterocycles. The van der Waals surface area contributed by atoms with Gasteiger partial charge in [-0.1, -0.05) is 99.2 Å². The summed E-state index contributed by atoms with van der Waals surface area (Å²) in [7, 11) is 0. The van der Waals surface area contributed by atoms with Crippen molar-refractivity contribution < 1.29 is 33.7 Å². The average molecular weight is 840 g/mol. The zero-order valence-electron chi connectivity index (χ0n) is 33.6. The first kappa shape index (κ1) is 44.8. The monoisotopic (exact) mass is 839 g/mol. The highest BCUT2D eigenvalue weighted by atomic mass is 35.5. The number of non-ortho nitro benzene ring substituents is 2. The number of hydrogen-bond donors (Lipinski definition) is 2. The number of carbonyl (C=O) groups excluding carboxylic acids is 3. The van der Waals surface area contributed by atoms with E-state index in [-0.39, 0.29) is 50.0 Å². The van der Waals surface area contributed by atoms with Gasteiger partial charge in [0, 0.05) is 54.7 Å². The van der Waals surface area contributed by atoms with Crippen LogP contribution in [0.15, 0.2) is 97.1 Å². The van der Waals surface area contributed by atoms with Gasteiger partial charge in [-0.25, -0.2) is 9.59 Å². The zero-order chi connectivity index (χ0) is 42.9. The summed E-state index contributed by atoms with van der Waals surface area (Å²) < 4.78 is 10.8. The predicted molar refractivity (Wildman–Crippen MR) is 231 cm³/mol. The number of rotatable bonds is 22. The van der Waals surface area contributed by atoms with Crippen LogP contribution in [0.1, 0.15) is 81.4 Å². The van der Waals surface area contributed by atoms with Gasteiger partial charge in [0.25, 0.3) is 11.4 Å². The van der Waals surface area contributed by atoms with Crippen LogP contribution in [0.4, 0.5) is 21.0 Å². The molecular formula is C45H50ClN5O9. The Kier molecular flexibility index (Phi) is 17.0. The molecule has 0 radical (unpaired) electrons. The van der Waals surface area contributed by atoms with Crippen molar-refractivity contribution in [2.45, 2.75) is 90.5 Å². The molecule has 60 heavy (non-hydrogen) atoms.